The van der Waals surface area contributed by atoms with Crippen LogP contribution in [-0.2, 0) is 4.74 Å². The van der Waals surface area contributed by atoms with Crippen molar-refractivity contribution in [1.82, 2.24) is 10.2 Å². The molecule has 2 rings (SSSR count). The minimum absolute atomic E-state index is 0.389. The zero-order valence-electron chi connectivity index (χ0n) is 13.0. The molecule has 1 aromatic rings. The summed E-state index contributed by atoms with van der Waals surface area (Å²) < 4.78 is 5.74. The van der Waals surface area contributed by atoms with Crippen LogP contribution in [0, 0.1) is 0 Å². The molecule has 20 heavy (non-hydrogen) atoms. The Balaban J connectivity index is 1.95. The number of nitrogens with zero attached hydrogens (tertiary/aromatic N) is 1. The number of piperidine rings is 1. The predicted molar refractivity (Wildman–Crippen MR) is 83.9 cm³/mol. The molecule has 0 radical (unpaired) electrons. The van der Waals surface area contributed by atoms with Crippen molar-refractivity contribution in [3.8, 4) is 0 Å². The van der Waals surface area contributed by atoms with E-state index in [9.17, 15) is 0 Å². The number of likely N-dealkylation sites (tertiary alicyclic amines) is 1. The summed E-state index contributed by atoms with van der Waals surface area (Å²) in [4.78, 5) is 2.59. The summed E-state index contributed by atoms with van der Waals surface area (Å²) >= 11 is 0. The van der Waals surface area contributed by atoms with Crippen LogP contribution in [0.1, 0.15) is 38.3 Å². The second-order valence-electron chi connectivity index (χ2n) is 5.61. The fraction of sp³-hybridized carbons (Fsp3) is 0.647. The largest absolute Gasteiger partial charge is 0.378 e. The molecular weight excluding hydrogens is 248 g/mol. The van der Waals surface area contributed by atoms with Crippen LogP contribution in [0.25, 0.3) is 0 Å². The molecule has 1 saturated heterocycles. The highest BCUT2D eigenvalue weighted by Gasteiger charge is 2.27. The van der Waals surface area contributed by atoms with Gasteiger partial charge in [0.05, 0.1) is 6.10 Å². The van der Waals surface area contributed by atoms with Gasteiger partial charge in [-0.1, -0.05) is 30.3 Å². The summed E-state index contributed by atoms with van der Waals surface area (Å²) in [5.74, 6) is 0. The number of rotatable bonds is 6. The summed E-state index contributed by atoms with van der Waals surface area (Å²) in [5.41, 5.74) is 1.37. The lowest BCUT2D eigenvalue weighted by atomic mass is 9.97. The summed E-state index contributed by atoms with van der Waals surface area (Å²) in [7, 11) is 2.06. The van der Waals surface area contributed by atoms with Gasteiger partial charge in [0.1, 0.15) is 0 Å². The van der Waals surface area contributed by atoms with Crippen LogP contribution in [0.5, 0.6) is 0 Å². The Hall–Kier alpha value is -0.900. The third-order valence-corrected chi connectivity index (χ3v) is 4.41. The quantitative estimate of drug-likeness (QED) is 0.864. The van der Waals surface area contributed by atoms with Gasteiger partial charge < -0.3 is 10.1 Å². The van der Waals surface area contributed by atoms with Crippen LogP contribution < -0.4 is 5.32 Å². The van der Waals surface area contributed by atoms with E-state index in [-0.39, 0.29) is 0 Å². The summed E-state index contributed by atoms with van der Waals surface area (Å²) in [6, 6.07) is 11.6. The molecule has 2 atom stereocenters. The van der Waals surface area contributed by atoms with E-state index in [4.69, 9.17) is 4.74 Å². The van der Waals surface area contributed by atoms with E-state index in [1.54, 1.807) is 0 Å². The lowest BCUT2D eigenvalue weighted by molar-refractivity contribution is 0.00185. The summed E-state index contributed by atoms with van der Waals surface area (Å²) in [5, 5.41) is 3.48. The number of hydrogen-bond donors (Lipinski definition) is 1. The molecule has 3 nitrogen and oxygen atoms in total. The van der Waals surface area contributed by atoms with E-state index >= 15 is 0 Å². The van der Waals surface area contributed by atoms with Crippen molar-refractivity contribution in [1.29, 1.82) is 0 Å². The van der Waals surface area contributed by atoms with Gasteiger partial charge in [-0.3, -0.25) is 4.90 Å². The van der Waals surface area contributed by atoms with Crippen molar-refractivity contribution < 1.29 is 4.74 Å². The lowest BCUT2D eigenvalue weighted by Gasteiger charge is -2.39. The van der Waals surface area contributed by atoms with Gasteiger partial charge in [-0.25, -0.2) is 0 Å². The molecule has 0 amide bonds. The number of likely N-dealkylation sites (N-methyl/N-ethyl adjacent to an activating group) is 1. The third kappa shape index (κ3) is 3.81. The fourth-order valence-corrected chi connectivity index (χ4v) is 3.24. The number of nitrogens with one attached hydrogen (secondary N) is 1. The second-order valence-corrected chi connectivity index (χ2v) is 5.61. The molecule has 1 aliphatic rings. The van der Waals surface area contributed by atoms with Crippen LogP contribution in [-0.4, -0.2) is 43.8 Å². The van der Waals surface area contributed by atoms with Crippen molar-refractivity contribution in [3.63, 3.8) is 0 Å². The minimum atomic E-state index is 0.389. The Morgan fingerprint density at radius 1 is 1.25 bits per heavy atom. The molecule has 1 fully saturated rings. The molecule has 0 aromatic heterocycles. The highest BCUT2D eigenvalue weighted by atomic mass is 16.5. The summed E-state index contributed by atoms with van der Waals surface area (Å²) in [6.45, 7) is 7.52. The van der Waals surface area contributed by atoms with E-state index in [0.29, 0.717) is 18.2 Å². The highest BCUT2D eigenvalue weighted by Crippen LogP contribution is 2.24. The van der Waals surface area contributed by atoms with Crippen LogP contribution in [0.3, 0.4) is 0 Å². The first-order valence-electron chi connectivity index (χ1n) is 7.84. The molecule has 2 unspecified atom stereocenters. The number of ether oxygens (including phenoxy) is 1. The molecule has 0 spiro atoms. The minimum Gasteiger partial charge on any atom is -0.378 e. The lowest BCUT2D eigenvalue weighted by Crippen LogP contribution is -2.47. The molecule has 1 aliphatic heterocycles. The van der Waals surface area contributed by atoms with Gasteiger partial charge in [-0.05, 0) is 39.3 Å². The third-order valence-electron chi connectivity index (χ3n) is 4.41. The van der Waals surface area contributed by atoms with Crippen molar-refractivity contribution in [2.24, 2.45) is 0 Å². The fourth-order valence-electron chi connectivity index (χ4n) is 3.24. The van der Waals surface area contributed by atoms with Gasteiger partial charge in [-0.2, -0.15) is 0 Å². The van der Waals surface area contributed by atoms with E-state index < -0.39 is 0 Å². The topological polar surface area (TPSA) is 24.5 Å². The molecule has 0 saturated carbocycles. The SMILES string of the molecule is CCOC1CCN(C(C)C(NC)c2ccccc2)CC1. The van der Waals surface area contributed by atoms with Crippen LogP contribution in [0.15, 0.2) is 30.3 Å². The smallest absolute Gasteiger partial charge is 0.0599 e. The Morgan fingerprint density at radius 2 is 1.90 bits per heavy atom. The van der Waals surface area contributed by atoms with E-state index in [2.05, 4.69) is 61.4 Å². The van der Waals surface area contributed by atoms with Gasteiger partial charge in [-0.15, -0.1) is 0 Å². The zero-order valence-corrected chi connectivity index (χ0v) is 13.0. The van der Waals surface area contributed by atoms with Crippen molar-refractivity contribution in [2.45, 2.75) is 44.9 Å². The molecule has 112 valence electrons. The maximum Gasteiger partial charge on any atom is 0.0599 e. The normalized spacial score (nSPS) is 20.8. The standard InChI is InChI=1S/C17H28N2O/c1-4-20-16-10-12-19(13-11-16)14(2)17(18-3)15-8-6-5-7-9-15/h5-9,14,16-18H,4,10-13H2,1-3H3. The van der Waals surface area contributed by atoms with Crippen molar-refractivity contribution in [2.75, 3.05) is 26.7 Å². The molecule has 1 heterocycles. The first-order chi connectivity index (χ1) is 9.76. The van der Waals surface area contributed by atoms with Crippen molar-refractivity contribution >= 4 is 0 Å². The van der Waals surface area contributed by atoms with Crippen LogP contribution >= 0.6 is 0 Å². The Bertz CT molecular complexity index is 374. The molecule has 1 N–H and O–H groups in total. The maximum absolute atomic E-state index is 5.74. The second kappa shape index (κ2) is 7.77. The predicted octanol–water partition coefficient (Wildman–Crippen LogP) is 2.84. The van der Waals surface area contributed by atoms with Crippen LogP contribution in [0.4, 0.5) is 0 Å². The van der Waals surface area contributed by atoms with Gasteiger partial charge in [0, 0.05) is 31.8 Å². The monoisotopic (exact) mass is 276 g/mol. The van der Waals surface area contributed by atoms with Crippen molar-refractivity contribution in [3.05, 3.63) is 35.9 Å². The van der Waals surface area contributed by atoms with Gasteiger partial charge in [0.25, 0.3) is 0 Å². The van der Waals surface area contributed by atoms with E-state index in [1.807, 2.05) is 0 Å². The molecular formula is C17H28N2O. The maximum atomic E-state index is 5.74. The van der Waals surface area contributed by atoms with E-state index in [1.165, 1.54) is 5.56 Å². The van der Waals surface area contributed by atoms with E-state index in [0.717, 1.165) is 32.5 Å². The summed E-state index contributed by atoms with van der Waals surface area (Å²) in [6.07, 6.45) is 2.78. The average molecular weight is 276 g/mol. The highest BCUT2D eigenvalue weighted by molar-refractivity contribution is 5.20. The Labute approximate surface area is 123 Å². The average Bonchev–Trinajstić information content (AvgIpc) is 2.50. The Morgan fingerprint density at radius 3 is 2.45 bits per heavy atom. The molecule has 3 heteroatoms. The zero-order chi connectivity index (χ0) is 14.4. The van der Waals surface area contributed by atoms with Crippen LogP contribution in [0.2, 0.25) is 0 Å². The Kier molecular flexibility index (Phi) is 6.02. The van der Waals surface area contributed by atoms with Gasteiger partial charge in [0.2, 0.25) is 0 Å². The first-order valence-corrected chi connectivity index (χ1v) is 7.84. The molecule has 1 aromatic carbocycles. The molecule has 0 bridgehead atoms. The van der Waals surface area contributed by atoms with Gasteiger partial charge >= 0.3 is 0 Å². The number of benzene rings is 1. The first kappa shape index (κ1) is 15.5. The van der Waals surface area contributed by atoms with Gasteiger partial charge in [0.15, 0.2) is 0 Å². The number of hydrogen-bond acceptors (Lipinski definition) is 3. The molecule has 0 aliphatic carbocycles.